The van der Waals surface area contributed by atoms with Crippen LogP contribution in [0.25, 0.3) is 0 Å². The Kier molecular flexibility index (Phi) is 3.21. The molecule has 2 heterocycles. The van der Waals surface area contributed by atoms with Crippen LogP contribution in [-0.4, -0.2) is 44.5 Å². The predicted octanol–water partition coefficient (Wildman–Crippen LogP) is 0.264. The van der Waals surface area contributed by atoms with Gasteiger partial charge in [0.15, 0.2) is 0 Å². The second kappa shape index (κ2) is 4.45. The van der Waals surface area contributed by atoms with E-state index in [0.717, 1.165) is 0 Å². The van der Waals surface area contributed by atoms with E-state index in [0.29, 0.717) is 19.6 Å². The third-order valence-corrected chi connectivity index (χ3v) is 3.14. The van der Waals surface area contributed by atoms with Gasteiger partial charge in [-0.25, -0.2) is 4.39 Å². The molecule has 4 atom stereocenters. The van der Waals surface area contributed by atoms with E-state index in [2.05, 4.69) is 10.1 Å². The minimum absolute atomic E-state index is 0.173. The lowest BCUT2D eigenvalue weighted by molar-refractivity contribution is -0.143. The Balaban J connectivity index is 1.96. The Morgan fingerprint density at radius 2 is 2.40 bits per heavy atom. The van der Waals surface area contributed by atoms with E-state index in [1.807, 2.05) is 0 Å². The van der Waals surface area contributed by atoms with E-state index in [9.17, 15) is 9.18 Å². The van der Waals surface area contributed by atoms with E-state index in [-0.39, 0.29) is 30.4 Å². The number of nitrogens with one attached hydrogen (secondary N) is 1. The zero-order chi connectivity index (χ0) is 10.8. The van der Waals surface area contributed by atoms with Gasteiger partial charge in [-0.2, -0.15) is 0 Å². The number of ether oxygens (including phenoxy) is 2. The number of carbonyl (C=O) groups is 1. The second-order valence-electron chi connectivity index (χ2n) is 4.23. The number of alkyl halides is 1. The van der Waals surface area contributed by atoms with Crippen molar-refractivity contribution in [3.8, 4) is 0 Å². The van der Waals surface area contributed by atoms with E-state index in [4.69, 9.17) is 4.74 Å². The maximum absolute atomic E-state index is 13.9. The molecule has 0 saturated carbocycles. The van der Waals surface area contributed by atoms with Crippen molar-refractivity contribution in [2.75, 3.05) is 20.3 Å². The zero-order valence-corrected chi connectivity index (χ0v) is 8.74. The molecule has 5 heteroatoms. The lowest BCUT2D eigenvalue weighted by atomic mass is 9.83. The number of hydrogen-bond donors (Lipinski definition) is 1. The van der Waals surface area contributed by atoms with Gasteiger partial charge in [-0.15, -0.1) is 0 Å². The maximum atomic E-state index is 13.9. The first-order chi connectivity index (χ1) is 7.20. The highest BCUT2D eigenvalue weighted by molar-refractivity contribution is 5.69. The van der Waals surface area contributed by atoms with Gasteiger partial charge in [-0.05, 0) is 6.42 Å². The molecule has 2 fully saturated rings. The summed E-state index contributed by atoms with van der Waals surface area (Å²) in [5.41, 5.74) is 0. The van der Waals surface area contributed by atoms with Crippen LogP contribution in [0.1, 0.15) is 12.8 Å². The zero-order valence-electron chi connectivity index (χ0n) is 8.74. The molecule has 4 nitrogen and oxygen atoms in total. The summed E-state index contributed by atoms with van der Waals surface area (Å²) in [6.45, 7) is 1.01. The van der Waals surface area contributed by atoms with Crippen molar-refractivity contribution in [2.24, 2.45) is 5.92 Å². The molecule has 0 amide bonds. The molecule has 2 aliphatic rings. The number of methoxy groups -OCH3 is 1. The number of fused-ring (bicyclic) bond motifs is 2. The molecule has 2 rings (SSSR count). The predicted molar refractivity (Wildman–Crippen MR) is 51.2 cm³/mol. The molecule has 0 aromatic rings. The van der Waals surface area contributed by atoms with E-state index in [1.165, 1.54) is 7.11 Å². The van der Waals surface area contributed by atoms with Gasteiger partial charge in [0.1, 0.15) is 6.17 Å². The Labute approximate surface area is 88.1 Å². The monoisotopic (exact) mass is 217 g/mol. The van der Waals surface area contributed by atoms with Crippen LogP contribution in [0.3, 0.4) is 0 Å². The molecule has 0 radical (unpaired) electrons. The highest BCUT2D eigenvalue weighted by Crippen LogP contribution is 2.29. The molecule has 4 unspecified atom stereocenters. The fourth-order valence-corrected chi connectivity index (χ4v) is 2.37. The number of morpholine rings is 1. The van der Waals surface area contributed by atoms with Crippen LogP contribution in [0.4, 0.5) is 4.39 Å². The van der Waals surface area contributed by atoms with Gasteiger partial charge < -0.3 is 14.8 Å². The molecule has 0 aromatic heterocycles. The molecular weight excluding hydrogens is 201 g/mol. The largest absolute Gasteiger partial charge is 0.469 e. The third-order valence-electron chi connectivity index (χ3n) is 3.14. The number of carbonyl (C=O) groups excluding carboxylic acids is 1. The second-order valence-corrected chi connectivity index (χ2v) is 4.23. The van der Waals surface area contributed by atoms with Crippen LogP contribution in [0.15, 0.2) is 0 Å². The van der Waals surface area contributed by atoms with Gasteiger partial charge in [-0.3, -0.25) is 4.79 Å². The Bertz CT molecular complexity index is 249. The summed E-state index contributed by atoms with van der Waals surface area (Å²) in [7, 11) is 1.33. The highest BCUT2D eigenvalue weighted by Gasteiger charge is 2.41. The number of piperidine rings is 1. The Hall–Kier alpha value is -0.680. The first-order valence-electron chi connectivity index (χ1n) is 5.25. The van der Waals surface area contributed by atoms with Crippen molar-refractivity contribution in [3.63, 3.8) is 0 Å². The number of halogens is 1. The summed E-state index contributed by atoms with van der Waals surface area (Å²) >= 11 is 0. The normalized spacial score (nSPS) is 39.9. The van der Waals surface area contributed by atoms with E-state index < -0.39 is 6.17 Å². The molecule has 0 aliphatic carbocycles. The smallest absolute Gasteiger partial charge is 0.305 e. The molecule has 0 spiro atoms. The molecule has 2 saturated heterocycles. The van der Waals surface area contributed by atoms with Gasteiger partial charge in [0.25, 0.3) is 0 Å². The summed E-state index contributed by atoms with van der Waals surface area (Å²) in [6.07, 6.45) is -0.195. The van der Waals surface area contributed by atoms with Crippen LogP contribution in [0, 0.1) is 5.92 Å². The summed E-state index contributed by atoms with van der Waals surface area (Å²) in [4.78, 5) is 11.1. The van der Waals surface area contributed by atoms with E-state index >= 15 is 0 Å². The average molecular weight is 217 g/mol. The summed E-state index contributed by atoms with van der Waals surface area (Å²) in [6, 6.07) is -0.0717. The van der Waals surface area contributed by atoms with Crippen LogP contribution in [0.2, 0.25) is 0 Å². The van der Waals surface area contributed by atoms with Gasteiger partial charge in [0.2, 0.25) is 0 Å². The topological polar surface area (TPSA) is 47.6 Å². The minimum Gasteiger partial charge on any atom is -0.469 e. The van der Waals surface area contributed by atoms with Gasteiger partial charge in [0.05, 0.1) is 32.8 Å². The van der Waals surface area contributed by atoms with Crippen molar-refractivity contribution in [3.05, 3.63) is 0 Å². The van der Waals surface area contributed by atoms with Crippen LogP contribution < -0.4 is 5.32 Å². The molecule has 86 valence electrons. The van der Waals surface area contributed by atoms with Gasteiger partial charge in [-0.1, -0.05) is 0 Å². The first kappa shape index (κ1) is 10.8. The SMILES string of the molecule is COC(=O)CC1CC2COCC(N2)C1F. The van der Waals surface area contributed by atoms with Crippen LogP contribution >= 0.6 is 0 Å². The first-order valence-corrected chi connectivity index (χ1v) is 5.25. The van der Waals surface area contributed by atoms with E-state index in [1.54, 1.807) is 0 Å². The summed E-state index contributed by atoms with van der Waals surface area (Å²) in [5, 5.41) is 3.17. The van der Waals surface area contributed by atoms with Gasteiger partial charge >= 0.3 is 5.97 Å². The molecule has 1 N–H and O–H groups in total. The fourth-order valence-electron chi connectivity index (χ4n) is 2.37. The Morgan fingerprint density at radius 3 is 3.13 bits per heavy atom. The quantitative estimate of drug-likeness (QED) is 0.674. The highest BCUT2D eigenvalue weighted by atomic mass is 19.1. The van der Waals surface area contributed by atoms with Crippen molar-refractivity contribution in [1.29, 1.82) is 0 Å². The lowest BCUT2D eigenvalue weighted by Crippen LogP contribution is -2.60. The molecule has 2 aliphatic heterocycles. The standard InChI is InChI=1S/C10H16FNO3/c1-14-9(13)3-6-2-7-4-15-5-8(12-7)10(6)11/h6-8,10,12H,2-5H2,1H3. The Morgan fingerprint density at radius 1 is 1.60 bits per heavy atom. The van der Waals surface area contributed by atoms with Crippen molar-refractivity contribution >= 4 is 5.97 Å². The fraction of sp³-hybridized carbons (Fsp3) is 0.900. The average Bonchev–Trinajstić information content (AvgIpc) is 2.26. The minimum atomic E-state index is -1.01. The van der Waals surface area contributed by atoms with Crippen molar-refractivity contribution in [2.45, 2.75) is 31.1 Å². The molecular formula is C10H16FNO3. The van der Waals surface area contributed by atoms with Gasteiger partial charge in [0, 0.05) is 12.0 Å². The summed E-state index contributed by atoms with van der Waals surface area (Å²) < 4.78 is 23.7. The van der Waals surface area contributed by atoms with Crippen LogP contribution in [0.5, 0.6) is 0 Å². The molecule has 15 heavy (non-hydrogen) atoms. The van der Waals surface area contributed by atoms with Crippen molar-refractivity contribution < 1.29 is 18.7 Å². The number of hydrogen-bond acceptors (Lipinski definition) is 4. The van der Waals surface area contributed by atoms with Crippen LogP contribution in [-0.2, 0) is 14.3 Å². The summed E-state index contributed by atoms with van der Waals surface area (Å²) in [5.74, 6) is -0.554. The lowest BCUT2D eigenvalue weighted by Gasteiger charge is -2.42. The third kappa shape index (κ3) is 2.29. The number of esters is 1. The number of rotatable bonds is 2. The molecule has 2 bridgehead atoms. The van der Waals surface area contributed by atoms with Crippen molar-refractivity contribution in [1.82, 2.24) is 5.32 Å². The maximum Gasteiger partial charge on any atom is 0.305 e. The molecule has 0 aromatic carbocycles.